The highest BCUT2D eigenvalue weighted by molar-refractivity contribution is 6.31. The standard InChI is InChI=1S/C18H14Cl2N2/c19-16-5-1-14(2-6-16)18(9-11-22-12-10-21-13-22)15-3-7-17(20)8-4-15/h1-10,12-13H,11H2. The van der Waals surface area contributed by atoms with E-state index in [1.54, 1.807) is 12.5 Å². The molecule has 110 valence electrons. The molecule has 1 heterocycles. The highest BCUT2D eigenvalue weighted by Crippen LogP contribution is 2.26. The molecule has 0 radical (unpaired) electrons. The van der Waals surface area contributed by atoms with Gasteiger partial charge in [-0.05, 0) is 41.0 Å². The summed E-state index contributed by atoms with van der Waals surface area (Å²) >= 11 is 12.0. The van der Waals surface area contributed by atoms with E-state index in [2.05, 4.69) is 11.1 Å². The van der Waals surface area contributed by atoms with Crippen molar-refractivity contribution >= 4 is 28.8 Å². The van der Waals surface area contributed by atoms with Crippen molar-refractivity contribution in [2.24, 2.45) is 0 Å². The molecule has 0 amide bonds. The smallest absolute Gasteiger partial charge is 0.0948 e. The largest absolute Gasteiger partial charge is 0.334 e. The molecule has 0 atom stereocenters. The van der Waals surface area contributed by atoms with Crippen molar-refractivity contribution in [3.63, 3.8) is 0 Å². The fraction of sp³-hybridized carbons (Fsp3) is 0.0556. The molecule has 0 aliphatic heterocycles. The lowest BCUT2D eigenvalue weighted by Crippen LogP contribution is -1.94. The van der Waals surface area contributed by atoms with Crippen LogP contribution in [0.5, 0.6) is 0 Å². The van der Waals surface area contributed by atoms with Gasteiger partial charge < -0.3 is 4.57 Å². The van der Waals surface area contributed by atoms with Crippen molar-refractivity contribution in [2.75, 3.05) is 0 Å². The summed E-state index contributed by atoms with van der Waals surface area (Å²) in [6, 6.07) is 15.7. The Hall–Kier alpha value is -2.03. The second-order valence-electron chi connectivity index (χ2n) is 4.89. The molecule has 22 heavy (non-hydrogen) atoms. The molecular weight excluding hydrogens is 315 g/mol. The number of allylic oxidation sites excluding steroid dienone is 1. The maximum Gasteiger partial charge on any atom is 0.0948 e. The molecular formula is C18H14Cl2N2. The molecule has 0 fully saturated rings. The normalized spacial score (nSPS) is 10.5. The van der Waals surface area contributed by atoms with Crippen LogP contribution in [0.1, 0.15) is 11.1 Å². The highest BCUT2D eigenvalue weighted by atomic mass is 35.5. The zero-order valence-corrected chi connectivity index (χ0v) is 13.3. The van der Waals surface area contributed by atoms with E-state index >= 15 is 0 Å². The van der Waals surface area contributed by atoms with E-state index in [9.17, 15) is 0 Å². The molecule has 0 N–H and O–H groups in total. The van der Waals surface area contributed by atoms with Gasteiger partial charge in [0.1, 0.15) is 0 Å². The third-order valence-corrected chi connectivity index (χ3v) is 3.88. The third-order valence-electron chi connectivity index (χ3n) is 3.38. The lowest BCUT2D eigenvalue weighted by atomic mass is 9.97. The van der Waals surface area contributed by atoms with Crippen molar-refractivity contribution < 1.29 is 0 Å². The Morgan fingerprint density at radius 3 is 1.91 bits per heavy atom. The van der Waals surface area contributed by atoms with Crippen LogP contribution in [0.2, 0.25) is 10.0 Å². The predicted molar refractivity (Wildman–Crippen MR) is 92.2 cm³/mol. The number of nitrogens with zero attached hydrogens (tertiary/aromatic N) is 2. The van der Waals surface area contributed by atoms with E-state index in [0.29, 0.717) is 0 Å². The Kier molecular flexibility index (Phi) is 4.62. The predicted octanol–water partition coefficient (Wildman–Crippen LogP) is 5.32. The quantitative estimate of drug-likeness (QED) is 0.633. The van der Waals surface area contributed by atoms with Gasteiger partial charge in [0.15, 0.2) is 0 Å². The molecule has 4 heteroatoms. The van der Waals surface area contributed by atoms with Crippen LogP contribution >= 0.6 is 23.2 Å². The Morgan fingerprint density at radius 2 is 1.45 bits per heavy atom. The van der Waals surface area contributed by atoms with Gasteiger partial charge in [0.2, 0.25) is 0 Å². The van der Waals surface area contributed by atoms with Crippen LogP contribution in [0.4, 0.5) is 0 Å². The Balaban J connectivity index is 1.99. The minimum absolute atomic E-state index is 0.730. The first-order valence-corrected chi connectivity index (χ1v) is 7.66. The van der Waals surface area contributed by atoms with E-state index in [4.69, 9.17) is 23.2 Å². The number of hydrogen-bond donors (Lipinski definition) is 0. The molecule has 0 aliphatic rings. The van der Waals surface area contributed by atoms with Crippen LogP contribution in [0.3, 0.4) is 0 Å². The fourth-order valence-corrected chi connectivity index (χ4v) is 2.50. The maximum atomic E-state index is 5.99. The molecule has 0 spiro atoms. The second kappa shape index (κ2) is 6.82. The number of halogens is 2. The van der Waals surface area contributed by atoms with Crippen LogP contribution in [0.15, 0.2) is 73.3 Å². The second-order valence-corrected chi connectivity index (χ2v) is 5.76. The third kappa shape index (κ3) is 3.59. The van der Waals surface area contributed by atoms with Crippen molar-refractivity contribution in [3.05, 3.63) is 94.5 Å². The monoisotopic (exact) mass is 328 g/mol. The fourth-order valence-electron chi connectivity index (χ4n) is 2.25. The van der Waals surface area contributed by atoms with Crippen LogP contribution in [0.25, 0.3) is 5.57 Å². The molecule has 0 bridgehead atoms. The van der Waals surface area contributed by atoms with E-state index < -0.39 is 0 Å². The van der Waals surface area contributed by atoms with E-state index in [1.165, 1.54) is 0 Å². The highest BCUT2D eigenvalue weighted by Gasteiger charge is 2.05. The van der Waals surface area contributed by atoms with Crippen LogP contribution in [-0.4, -0.2) is 9.55 Å². The van der Waals surface area contributed by atoms with Crippen LogP contribution in [-0.2, 0) is 6.54 Å². The van der Waals surface area contributed by atoms with E-state index in [0.717, 1.165) is 33.3 Å². The lowest BCUT2D eigenvalue weighted by Gasteiger charge is -2.10. The summed E-state index contributed by atoms with van der Waals surface area (Å²) in [6.07, 6.45) is 7.70. The number of aromatic nitrogens is 2. The molecule has 3 rings (SSSR count). The average molecular weight is 329 g/mol. The van der Waals surface area contributed by atoms with Crippen molar-refractivity contribution in [3.8, 4) is 0 Å². The minimum atomic E-state index is 0.730. The molecule has 3 aromatic rings. The number of benzene rings is 2. The van der Waals surface area contributed by atoms with Gasteiger partial charge in [-0.2, -0.15) is 0 Å². The molecule has 0 aliphatic carbocycles. The number of rotatable bonds is 4. The van der Waals surface area contributed by atoms with Crippen molar-refractivity contribution in [1.82, 2.24) is 9.55 Å². The molecule has 0 saturated heterocycles. The Labute approximate surface area is 139 Å². The summed E-state index contributed by atoms with van der Waals surface area (Å²) in [7, 11) is 0. The topological polar surface area (TPSA) is 17.8 Å². The van der Waals surface area contributed by atoms with Gasteiger partial charge in [0.25, 0.3) is 0 Å². The first kappa shape index (κ1) is 14.9. The van der Waals surface area contributed by atoms with Gasteiger partial charge in [0, 0.05) is 29.0 Å². The first-order chi connectivity index (χ1) is 10.7. The van der Waals surface area contributed by atoms with Gasteiger partial charge in [-0.3, -0.25) is 0 Å². The summed E-state index contributed by atoms with van der Waals surface area (Å²) in [5.74, 6) is 0. The van der Waals surface area contributed by atoms with Gasteiger partial charge >= 0.3 is 0 Å². The van der Waals surface area contributed by atoms with Gasteiger partial charge in [-0.25, -0.2) is 4.98 Å². The summed E-state index contributed by atoms with van der Waals surface area (Å²) in [5, 5.41) is 1.46. The summed E-state index contributed by atoms with van der Waals surface area (Å²) in [4.78, 5) is 4.07. The zero-order valence-electron chi connectivity index (χ0n) is 11.8. The van der Waals surface area contributed by atoms with Crippen molar-refractivity contribution in [1.29, 1.82) is 0 Å². The van der Waals surface area contributed by atoms with Gasteiger partial charge in [0.05, 0.1) is 6.33 Å². The number of imidazole rings is 1. The first-order valence-electron chi connectivity index (χ1n) is 6.90. The molecule has 2 nitrogen and oxygen atoms in total. The summed E-state index contributed by atoms with van der Waals surface area (Å²) in [6.45, 7) is 0.751. The van der Waals surface area contributed by atoms with E-state index in [-0.39, 0.29) is 0 Å². The summed E-state index contributed by atoms with van der Waals surface area (Å²) in [5.41, 5.74) is 3.38. The Morgan fingerprint density at radius 1 is 0.909 bits per heavy atom. The van der Waals surface area contributed by atoms with Crippen LogP contribution < -0.4 is 0 Å². The van der Waals surface area contributed by atoms with Crippen LogP contribution in [0, 0.1) is 0 Å². The van der Waals surface area contributed by atoms with Gasteiger partial charge in [-0.15, -0.1) is 0 Å². The zero-order chi connectivity index (χ0) is 15.4. The average Bonchev–Trinajstić information content (AvgIpc) is 3.04. The summed E-state index contributed by atoms with van der Waals surface area (Å²) < 4.78 is 2.02. The SMILES string of the molecule is Clc1ccc(C(=CCn2ccnc2)c2ccc(Cl)cc2)cc1. The molecule has 1 aromatic heterocycles. The van der Waals surface area contributed by atoms with Crippen molar-refractivity contribution in [2.45, 2.75) is 6.54 Å². The molecule has 0 unspecified atom stereocenters. The lowest BCUT2D eigenvalue weighted by molar-refractivity contribution is 0.821. The molecule has 0 saturated carbocycles. The van der Waals surface area contributed by atoms with Gasteiger partial charge in [-0.1, -0.05) is 53.5 Å². The maximum absolute atomic E-state index is 5.99. The Bertz CT molecular complexity index is 710. The number of hydrogen-bond acceptors (Lipinski definition) is 1. The minimum Gasteiger partial charge on any atom is -0.334 e. The molecule has 2 aromatic carbocycles. The van der Waals surface area contributed by atoms with E-state index in [1.807, 2.05) is 59.3 Å².